The zero-order valence-electron chi connectivity index (χ0n) is 10.6. The van der Waals surface area contributed by atoms with Crippen LogP contribution in [0.2, 0.25) is 0 Å². The molecule has 0 spiro atoms. The zero-order chi connectivity index (χ0) is 12.7. The fourth-order valence-corrected chi connectivity index (χ4v) is 3.73. The summed E-state index contributed by atoms with van der Waals surface area (Å²) in [6.45, 7) is 4.92. The van der Waals surface area contributed by atoms with Crippen LogP contribution in [0.1, 0.15) is 40.9 Å². The minimum Gasteiger partial charge on any atom is -0.397 e. The van der Waals surface area contributed by atoms with Crippen LogP contribution in [0.4, 0.5) is 10.7 Å². The average molecular weight is 266 g/mol. The summed E-state index contributed by atoms with van der Waals surface area (Å²) in [6, 6.07) is 0. The Balaban J connectivity index is 2.00. The van der Waals surface area contributed by atoms with E-state index in [1.807, 2.05) is 0 Å². The summed E-state index contributed by atoms with van der Waals surface area (Å²) in [4.78, 5) is 14.7. The highest BCUT2D eigenvalue weighted by Crippen LogP contribution is 2.52. The summed E-state index contributed by atoms with van der Waals surface area (Å²) in [5.41, 5.74) is 8.15. The van der Waals surface area contributed by atoms with Crippen LogP contribution >= 0.6 is 11.3 Å². The largest absolute Gasteiger partial charge is 0.397 e. The SMILES string of the molecule is CC(=O)c1sc(N2CCOCC2)c(C2CC2)c1N. The molecule has 0 radical (unpaired) electrons. The second kappa shape index (κ2) is 4.55. The predicted octanol–water partition coefficient (Wildman–Crippen LogP) is 2.25. The number of rotatable bonds is 3. The second-order valence-electron chi connectivity index (χ2n) is 4.99. The third kappa shape index (κ3) is 2.01. The Kier molecular flexibility index (Phi) is 3.03. The highest BCUT2D eigenvalue weighted by atomic mass is 32.1. The van der Waals surface area contributed by atoms with E-state index >= 15 is 0 Å². The molecular formula is C13H18N2O2S. The predicted molar refractivity (Wildman–Crippen MR) is 73.7 cm³/mol. The number of hydrogen-bond donors (Lipinski definition) is 1. The van der Waals surface area contributed by atoms with Gasteiger partial charge in [0.15, 0.2) is 5.78 Å². The summed E-state index contributed by atoms with van der Waals surface area (Å²) in [5.74, 6) is 0.658. The fraction of sp³-hybridized carbons (Fsp3) is 0.615. The van der Waals surface area contributed by atoms with Gasteiger partial charge in [0.25, 0.3) is 0 Å². The number of carbonyl (C=O) groups is 1. The molecule has 2 aliphatic rings. The Morgan fingerprint density at radius 1 is 1.39 bits per heavy atom. The van der Waals surface area contributed by atoms with Crippen molar-refractivity contribution >= 4 is 27.8 Å². The Bertz CT molecular complexity index is 474. The fourth-order valence-electron chi connectivity index (χ4n) is 2.47. The van der Waals surface area contributed by atoms with Crippen LogP contribution in [0.25, 0.3) is 0 Å². The molecule has 1 aliphatic carbocycles. The van der Waals surface area contributed by atoms with Gasteiger partial charge in [-0.05, 0) is 18.8 Å². The number of hydrogen-bond acceptors (Lipinski definition) is 5. The molecule has 2 N–H and O–H groups in total. The first-order chi connectivity index (χ1) is 8.68. The standard InChI is InChI=1S/C13H18N2O2S/c1-8(16)12-11(14)10(9-2-3-9)13(18-12)15-4-6-17-7-5-15/h9H,2-7,14H2,1H3. The van der Waals surface area contributed by atoms with E-state index < -0.39 is 0 Å². The van der Waals surface area contributed by atoms with Crippen LogP contribution in [0, 0.1) is 0 Å². The van der Waals surface area contributed by atoms with E-state index in [0.717, 1.165) is 36.9 Å². The van der Waals surface area contributed by atoms with Gasteiger partial charge in [-0.1, -0.05) is 0 Å². The van der Waals surface area contributed by atoms with E-state index in [-0.39, 0.29) is 5.78 Å². The molecule has 3 rings (SSSR count). The molecule has 0 bridgehead atoms. The molecule has 1 aromatic heterocycles. The highest BCUT2D eigenvalue weighted by molar-refractivity contribution is 7.18. The van der Waals surface area contributed by atoms with E-state index in [9.17, 15) is 4.79 Å². The minimum absolute atomic E-state index is 0.0823. The number of nitrogens with zero attached hydrogens (tertiary/aromatic N) is 1. The number of nitrogens with two attached hydrogens (primary N) is 1. The van der Waals surface area contributed by atoms with Crippen LogP contribution < -0.4 is 10.6 Å². The maximum Gasteiger partial charge on any atom is 0.171 e. The quantitative estimate of drug-likeness (QED) is 0.853. The molecule has 1 saturated carbocycles. The van der Waals surface area contributed by atoms with Gasteiger partial charge in [0.2, 0.25) is 0 Å². The molecule has 2 fully saturated rings. The first kappa shape index (κ1) is 12.0. The van der Waals surface area contributed by atoms with Gasteiger partial charge in [-0.3, -0.25) is 4.79 Å². The summed E-state index contributed by atoms with van der Waals surface area (Å²) in [7, 11) is 0. The Hall–Kier alpha value is -1.07. The van der Waals surface area contributed by atoms with Gasteiger partial charge >= 0.3 is 0 Å². The van der Waals surface area contributed by atoms with Gasteiger partial charge in [0, 0.05) is 25.6 Å². The monoisotopic (exact) mass is 266 g/mol. The number of nitrogen functional groups attached to an aromatic ring is 1. The van der Waals surface area contributed by atoms with Crippen LogP contribution in [0.3, 0.4) is 0 Å². The van der Waals surface area contributed by atoms with Crippen molar-refractivity contribution in [2.45, 2.75) is 25.7 Å². The molecule has 1 saturated heterocycles. The van der Waals surface area contributed by atoms with Crippen molar-refractivity contribution in [2.75, 3.05) is 36.9 Å². The molecule has 2 heterocycles. The van der Waals surface area contributed by atoms with E-state index in [0.29, 0.717) is 5.92 Å². The lowest BCUT2D eigenvalue weighted by Gasteiger charge is -2.28. The third-order valence-corrected chi connectivity index (χ3v) is 4.95. The van der Waals surface area contributed by atoms with Crippen molar-refractivity contribution in [3.05, 3.63) is 10.4 Å². The molecule has 1 aliphatic heterocycles. The lowest BCUT2D eigenvalue weighted by Crippen LogP contribution is -2.36. The summed E-state index contributed by atoms with van der Waals surface area (Å²) < 4.78 is 5.39. The molecule has 98 valence electrons. The lowest BCUT2D eigenvalue weighted by atomic mass is 10.1. The van der Waals surface area contributed by atoms with E-state index in [1.165, 1.54) is 23.4 Å². The van der Waals surface area contributed by atoms with Crippen molar-refractivity contribution < 1.29 is 9.53 Å². The highest BCUT2D eigenvalue weighted by Gasteiger charge is 2.34. The molecule has 0 atom stereocenters. The number of carbonyl (C=O) groups excluding carboxylic acids is 1. The number of Topliss-reactive ketones (excluding diaryl/α,β-unsaturated/α-hetero) is 1. The van der Waals surface area contributed by atoms with Crippen LogP contribution in [-0.2, 0) is 4.74 Å². The average Bonchev–Trinajstić information content (AvgIpc) is 3.14. The van der Waals surface area contributed by atoms with Crippen LogP contribution in [0.15, 0.2) is 0 Å². The molecule has 0 amide bonds. The van der Waals surface area contributed by atoms with E-state index in [4.69, 9.17) is 10.5 Å². The summed E-state index contributed by atoms with van der Waals surface area (Å²) in [6.07, 6.45) is 2.41. The van der Waals surface area contributed by atoms with E-state index in [2.05, 4.69) is 4.90 Å². The first-order valence-electron chi connectivity index (χ1n) is 6.44. The molecular weight excluding hydrogens is 248 g/mol. The van der Waals surface area contributed by atoms with Crippen LogP contribution in [-0.4, -0.2) is 32.1 Å². The number of ether oxygens (including phenoxy) is 1. The Morgan fingerprint density at radius 3 is 2.61 bits per heavy atom. The molecule has 5 heteroatoms. The van der Waals surface area contributed by atoms with E-state index in [1.54, 1.807) is 18.3 Å². The number of morpholine rings is 1. The summed E-state index contributed by atoms with van der Waals surface area (Å²) >= 11 is 1.56. The van der Waals surface area contributed by atoms with Crippen molar-refractivity contribution in [3.8, 4) is 0 Å². The summed E-state index contributed by atoms with van der Waals surface area (Å²) in [5, 5.41) is 1.21. The maximum atomic E-state index is 11.6. The minimum atomic E-state index is 0.0823. The maximum absolute atomic E-state index is 11.6. The van der Waals surface area contributed by atoms with Gasteiger partial charge in [-0.15, -0.1) is 11.3 Å². The Labute approximate surface area is 111 Å². The molecule has 0 unspecified atom stereocenters. The first-order valence-corrected chi connectivity index (χ1v) is 7.26. The Morgan fingerprint density at radius 2 is 2.06 bits per heavy atom. The third-order valence-electron chi connectivity index (χ3n) is 3.57. The van der Waals surface area contributed by atoms with Gasteiger partial charge in [0.1, 0.15) is 0 Å². The molecule has 1 aromatic rings. The smallest absolute Gasteiger partial charge is 0.171 e. The van der Waals surface area contributed by atoms with Gasteiger partial charge in [-0.25, -0.2) is 0 Å². The number of thiophene rings is 1. The van der Waals surface area contributed by atoms with Gasteiger partial charge < -0.3 is 15.4 Å². The van der Waals surface area contributed by atoms with Gasteiger partial charge in [0.05, 0.1) is 28.8 Å². The van der Waals surface area contributed by atoms with Crippen molar-refractivity contribution in [1.29, 1.82) is 0 Å². The lowest BCUT2D eigenvalue weighted by molar-refractivity contribution is 0.102. The normalized spacial score (nSPS) is 20.2. The molecule has 4 nitrogen and oxygen atoms in total. The number of ketones is 1. The van der Waals surface area contributed by atoms with Crippen molar-refractivity contribution in [3.63, 3.8) is 0 Å². The topological polar surface area (TPSA) is 55.6 Å². The number of anilines is 2. The van der Waals surface area contributed by atoms with Crippen molar-refractivity contribution in [1.82, 2.24) is 0 Å². The molecule has 18 heavy (non-hydrogen) atoms. The second-order valence-corrected chi connectivity index (χ2v) is 5.99. The van der Waals surface area contributed by atoms with Gasteiger partial charge in [-0.2, -0.15) is 0 Å². The van der Waals surface area contributed by atoms with Crippen LogP contribution in [0.5, 0.6) is 0 Å². The zero-order valence-corrected chi connectivity index (χ0v) is 11.4. The van der Waals surface area contributed by atoms with Crippen molar-refractivity contribution in [2.24, 2.45) is 0 Å². The molecule has 0 aromatic carbocycles.